The number of pyridine rings is 1. The molecule has 0 saturated heterocycles. The molecule has 152 valence electrons. The molecule has 1 heterocycles. The number of nitrogens with one attached hydrogen (secondary N) is 2. The van der Waals surface area contributed by atoms with Crippen LogP contribution in [0.5, 0.6) is 5.75 Å². The number of carbonyl (C=O) groups excluding carboxylic acids is 1. The lowest BCUT2D eigenvalue weighted by molar-refractivity contribution is -0.141. The van der Waals surface area contributed by atoms with Crippen LogP contribution in [-0.4, -0.2) is 23.4 Å². The summed E-state index contributed by atoms with van der Waals surface area (Å²) in [4.78, 5) is 24.1. The second-order valence-electron chi connectivity index (χ2n) is 5.74. The molecular formula is C17H16F5N3O3. The summed E-state index contributed by atoms with van der Waals surface area (Å²) in [5, 5.41) is 4.64. The molecule has 2 amide bonds. The first kappa shape index (κ1) is 21.2. The minimum absolute atomic E-state index is 0.0975. The van der Waals surface area contributed by atoms with Crippen molar-refractivity contribution in [2.24, 2.45) is 0 Å². The van der Waals surface area contributed by atoms with Crippen LogP contribution in [0.4, 0.5) is 32.4 Å². The topological polar surface area (TPSA) is 72.4 Å². The van der Waals surface area contributed by atoms with Crippen LogP contribution in [0, 0.1) is 0 Å². The number of amides is 2. The fourth-order valence-electron chi connectivity index (χ4n) is 2.35. The Kier molecular flexibility index (Phi) is 6.60. The number of ether oxygens (including phenoxy) is 1. The number of halogens is 5. The summed E-state index contributed by atoms with van der Waals surface area (Å²) in [5.74, 6) is -0.0975. The van der Waals surface area contributed by atoms with Crippen molar-refractivity contribution in [1.29, 1.82) is 0 Å². The second-order valence-corrected chi connectivity index (χ2v) is 5.74. The minimum atomic E-state index is -4.59. The van der Waals surface area contributed by atoms with E-state index in [4.69, 9.17) is 0 Å². The molecule has 11 heteroatoms. The van der Waals surface area contributed by atoms with Crippen molar-refractivity contribution in [3.8, 4) is 5.75 Å². The van der Waals surface area contributed by atoms with E-state index >= 15 is 0 Å². The lowest BCUT2D eigenvalue weighted by Gasteiger charge is -2.16. The molecule has 28 heavy (non-hydrogen) atoms. The van der Waals surface area contributed by atoms with Gasteiger partial charge in [0.1, 0.15) is 18.0 Å². The van der Waals surface area contributed by atoms with E-state index < -0.39 is 37.0 Å². The maximum Gasteiger partial charge on any atom is 0.406 e. The average Bonchev–Trinajstić information content (AvgIpc) is 2.57. The first-order chi connectivity index (χ1) is 13.0. The lowest BCUT2D eigenvalue weighted by atomic mass is 10.1. The molecule has 0 aliphatic heterocycles. The van der Waals surface area contributed by atoms with Crippen LogP contribution in [0.3, 0.4) is 0 Å². The predicted molar refractivity (Wildman–Crippen MR) is 90.4 cm³/mol. The van der Waals surface area contributed by atoms with Gasteiger partial charge in [-0.05, 0) is 36.8 Å². The van der Waals surface area contributed by atoms with Crippen LogP contribution in [0.15, 0.2) is 47.4 Å². The van der Waals surface area contributed by atoms with Gasteiger partial charge in [0.2, 0.25) is 0 Å². The van der Waals surface area contributed by atoms with Crippen LogP contribution < -0.4 is 20.9 Å². The van der Waals surface area contributed by atoms with Crippen molar-refractivity contribution in [3.63, 3.8) is 0 Å². The Hall–Kier alpha value is -3.11. The van der Waals surface area contributed by atoms with Gasteiger partial charge in [-0.25, -0.2) is 4.79 Å². The molecule has 0 radical (unpaired) electrons. The fraction of sp³-hybridized carbons (Fsp3) is 0.294. The van der Waals surface area contributed by atoms with Crippen molar-refractivity contribution in [3.05, 3.63) is 58.5 Å². The Labute approximate surface area is 155 Å². The highest BCUT2D eigenvalue weighted by molar-refractivity contribution is 5.89. The van der Waals surface area contributed by atoms with E-state index in [-0.39, 0.29) is 11.4 Å². The van der Waals surface area contributed by atoms with Crippen LogP contribution in [-0.2, 0) is 6.54 Å². The number of carbonyl (C=O) groups is 1. The summed E-state index contributed by atoms with van der Waals surface area (Å²) < 4.78 is 66.7. The van der Waals surface area contributed by atoms with Crippen molar-refractivity contribution in [1.82, 2.24) is 9.88 Å². The van der Waals surface area contributed by atoms with Gasteiger partial charge in [0.25, 0.3) is 5.56 Å². The molecule has 0 unspecified atom stereocenters. The summed E-state index contributed by atoms with van der Waals surface area (Å²) in [5.41, 5.74) is -0.919. The zero-order valence-corrected chi connectivity index (χ0v) is 14.5. The van der Waals surface area contributed by atoms with Crippen molar-refractivity contribution in [2.75, 3.05) is 5.32 Å². The molecule has 0 bridgehead atoms. The summed E-state index contributed by atoms with van der Waals surface area (Å²) in [6, 6.07) is 6.47. The summed E-state index contributed by atoms with van der Waals surface area (Å²) in [6.07, 6.45) is -3.64. The molecule has 6 nitrogen and oxygen atoms in total. The Balaban J connectivity index is 2.06. The number of alkyl halides is 5. The van der Waals surface area contributed by atoms with E-state index in [1.54, 1.807) is 13.0 Å². The standard InChI is InChI=1S/C17H16F5N3O3/c1-10(11-4-2-5-12(8-11)28-15(18)19)23-16(27)24-13-6-3-7-25(14(13)26)9-17(20,21)22/h2-8,10,15H,9H2,1H3,(H2,23,24,27)/t10-/m0/s1. The predicted octanol–water partition coefficient (Wildman–Crippen LogP) is 3.89. The zero-order chi connectivity index (χ0) is 20.9. The SMILES string of the molecule is C[C@H](NC(=O)Nc1cccn(CC(F)(F)F)c1=O)c1cccc(OC(F)F)c1. The number of urea groups is 1. The molecule has 0 aliphatic rings. The van der Waals surface area contributed by atoms with Crippen LogP contribution in [0.2, 0.25) is 0 Å². The molecule has 1 aromatic carbocycles. The van der Waals surface area contributed by atoms with Gasteiger partial charge in [0, 0.05) is 6.20 Å². The smallest absolute Gasteiger partial charge is 0.406 e. The van der Waals surface area contributed by atoms with Gasteiger partial charge >= 0.3 is 18.8 Å². The van der Waals surface area contributed by atoms with E-state index in [0.29, 0.717) is 10.1 Å². The Morgan fingerprint density at radius 3 is 2.57 bits per heavy atom. The monoisotopic (exact) mass is 405 g/mol. The summed E-state index contributed by atoms with van der Waals surface area (Å²) in [6.45, 7) is -2.94. The van der Waals surface area contributed by atoms with Crippen LogP contribution in [0.1, 0.15) is 18.5 Å². The molecule has 2 N–H and O–H groups in total. The molecule has 2 aromatic rings. The third-order valence-electron chi connectivity index (χ3n) is 3.55. The van der Waals surface area contributed by atoms with E-state index in [0.717, 1.165) is 12.3 Å². The lowest BCUT2D eigenvalue weighted by Crippen LogP contribution is -2.35. The third-order valence-corrected chi connectivity index (χ3v) is 3.55. The first-order valence-corrected chi connectivity index (χ1v) is 7.93. The van der Waals surface area contributed by atoms with E-state index in [9.17, 15) is 31.5 Å². The van der Waals surface area contributed by atoms with Crippen molar-refractivity contribution < 1.29 is 31.5 Å². The minimum Gasteiger partial charge on any atom is -0.435 e. The van der Waals surface area contributed by atoms with Gasteiger partial charge < -0.3 is 19.9 Å². The van der Waals surface area contributed by atoms with Gasteiger partial charge in [-0.1, -0.05) is 12.1 Å². The number of hydrogen-bond donors (Lipinski definition) is 2. The molecule has 2 rings (SSSR count). The molecule has 0 saturated carbocycles. The number of hydrogen-bond acceptors (Lipinski definition) is 3. The molecular weight excluding hydrogens is 389 g/mol. The van der Waals surface area contributed by atoms with Crippen LogP contribution in [0.25, 0.3) is 0 Å². The van der Waals surface area contributed by atoms with Crippen molar-refractivity contribution >= 4 is 11.7 Å². The highest BCUT2D eigenvalue weighted by atomic mass is 19.4. The normalized spacial score (nSPS) is 12.5. The second kappa shape index (κ2) is 8.72. The number of benzene rings is 1. The Bertz CT molecular complexity index is 883. The number of aromatic nitrogens is 1. The quantitative estimate of drug-likeness (QED) is 0.717. The maximum absolute atomic E-state index is 12.5. The number of anilines is 1. The van der Waals surface area contributed by atoms with Gasteiger partial charge in [-0.15, -0.1) is 0 Å². The zero-order valence-electron chi connectivity index (χ0n) is 14.5. The van der Waals surface area contributed by atoms with Gasteiger partial charge in [-0.2, -0.15) is 22.0 Å². The van der Waals surface area contributed by atoms with Crippen LogP contribution >= 0.6 is 0 Å². The first-order valence-electron chi connectivity index (χ1n) is 7.93. The van der Waals surface area contributed by atoms with Gasteiger partial charge in [0.05, 0.1) is 6.04 Å². The fourth-order valence-corrected chi connectivity index (χ4v) is 2.35. The summed E-state index contributed by atoms with van der Waals surface area (Å²) >= 11 is 0. The summed E-state index contributed by atoms with van der Waals surface area (Å²) in [7, 11) is 0. The number of rotatable bonds is 6. The van der Waals surface area contributed by atoms with E-state index in [1.807, 2.05) is 0 Å². The molecule has 1 aromatic heterocycles. The third kappa shape index (κ3) is 6.25. The van der Waals surface area contributed by atoms with E-state index in [1.165, 1.54) is 24.3 Å². The van der Waals surface area contributed by atoms with E-state index in [2.05, 4.69) is 15.4 Å². The average molecular weight is 405 g/mol. The number of nitrogens with zero attached hydrogens (tertiary/aromatic N) is 1. The maximum atomic E-state index is 12.5. The molecule has 0 fully saturated rings. The molecule has 0 spiro atoms. The van der Waals surface area contributed by atoms with Gasteiger partial charge in [0.15, 0.2) is 0 Å². The molecule has 0 aliphatic carbocycles. The van der Waals surface area contributed by atoms with Crippen molar-refractivity contribution in [2.45, 2.75) is 32.3 Å². The largest absolute Gasteiger partial charge is 0.435 e. The Morgan fingerprint density at radius 1 is 1.21 bits per heavy atom. The highest BCUT2D eigenvalue weighted by Gasteiger charge is 2.28. The Morgan fingerprint density at radius 2 is 1.93 bits per heavy atom. The van der Waals surface area contributed by atoms with Gasteiger partial charge in [-0.3, -0.25) is 4.79 Å². The highest BCUT2D eigenvalue weighted by Crippen LogP contribution is 2.21. The molecule has 1 atom stereocenters.